The molecule has 0 radical (unpaired) electrons. The van der Waals surface area contributed by atoms with Gasteiger partial charge in [0.2, 0.25) is 0 Å². The molecule has 0 aromatic carbocycles. The molecule has 4 nitrogen and oxygen atoms in total. The van der Waals surface area contributed by atoms with Crippen molar-refractivity contribution in [2.24, 2.45) is 0 Å². The molecule has 0 amide bonds. The average molecular weight is 208 g/mol. The van der Waals surface area contributed by atoms with Gasteiger partial charge in [-0.3, -0.25) is 4.79 Å². The predicted molar refractivity (Wildman–Crippen MR) is 56.0 cm³/mol. The molecule has 0 unspecified atom stereocenters. The smallest absolute Gasteiger partial charge is 0.317 e. The van der Waals surface area contributed by atoms with Crippen LogP contribution in [0.2, 0.25) is 0 Å². The van der Waals surface area contributed by atoms with E-state index in [0.29, 0.717) is 24.6 Å². The summed E-state index contributed by atoms with van der Waals surface area (Å²) in [6.45, 7) is 6.07. The second kappa shape index (κ2) is 3.08. The number of rotatable bonds is 3. The Balaban J connectivity index is 2.39. The lowest BCUT2D eigenvalue weighted by Gasteiger charge is -2.04. The highest BCUT2D eigenvalue weighted by molar-refractivity contribution is 5.83. The highest BCUT2D eigenvalue weighted by Gasteiger charge is 2.54. The van der Waals surface area contributed by atoms with Crippen molar-refractivity contribution in [1.29, 1.82) is 0 Å². The zero-order chi connectivity index (χ0) is 11.2. The number of aromatic nitrogens is 2. The molecular formula is C11H16N2O2. The minimum absolute atomic E-state index is 0.333. The second-order valence-electron chi connectivity index (χ2n) is 4.64. The third-order valence-corrected chi connectivity index (χ3v) is 3.08. The van der Waals surface area contributed by atoms with Gasteiger partial charge in [-0.2, -0.15) is 0 Å². The maximum Gasteiger partial charge on any atom is 0.317 e. The van der Waals surface area contributed by atoms with Crippen LogP contribution in [0.25, 0.3) is 0 Å². The monoisotopic (exact) mass is 208 g/mol. The van der Waals surface area contributed by atoms with E-state index in [1.165, 1.54) is 0 Å². The molecule has 1 aromatic rings. The average Bonchev–Trinajstić information content (AvgIpc) is 2.85. The van der Waals surface area contributed by atoms with Gasteiger partial charge in [-0.05, 0) is 25.7 Å². The van der Waals surface area contributed by atoms with E-state index in [1.807, 2.05) is 6.92 Å². The highest BCUT2D eigenvalue weighted by Crippen LogP contribution is 2.47. The molecule has 1 heterocycles. The van der Waals surface area contributed by atoms with Gasteiger partial charge in [-0.15, -0.1) is 0 Å². The molecule has 4 heteroatoms. The van der Waals surface area contributed by atoms with Crippen LogP contribution >= 0.6 is 0 Å². The molecule has 0 spiro atoms. The lowest BCUT2D eigenvalue weighted by atomic mass is 10.1. The van der Waals surface area contributed by atoms with Gasteiger partial charge < -0.3 is 10.1 Å². The first-order valence-corrected chi connectivity index (χ1v) is 5.28. The first kappa shape index (κ1) is 10.2. The zero-order valence-corrected chi connectivity index (χ0v) is 9.29. The molecule has 1 saturated carbocycles. The van der Waals surface area contributed by atoms with E-state index in [2.05, 4.69) is 23.8 Å². The fourth-order valence-corrected chi connectivity index (χ4v) is 1.94. The summed E-state index contributed by atoms with van der Waals surface area (Å²) in [5.41, 5.74) is 1.27. The zero-order valence-electron chi connectivity index (χ0n) is 9.29. The fourth-order valence-electron chi connectivity index (χ4n) is 1.94. The number of carboxylic acids is 1. The molecule has 0 aliphatic heterocycles. The number of nitrogens with one attached hydrogen (secondary N) is 1. The maximum absolute atomic E-state index is 11.1. The Kier molecular flexibility index (Phi) is 2.10. The Morgan fingerprint density at radius 1 is 1.53 bits per heavy atom. The van der Waals surface area contributed by atoms with Crippen molar-refractivity contribution in [3.05, 3.63) is 17.2 Å². The number of hydrogen-bond acceptors (Lipinski definition) is 2. The van der Waals surface area contributed by atoms with Crippen LogP contribution in [0.15, 0.2) is 0 Å². The largest absolute Gasteiger partial charge is 0.480 e. The third kappa shape index (κ3) is 1.44. The second-order valence-corrected chi connectivity index (χ2v) is 4.64. The summed E-state index contributed by atoms with van der Waals surface area (Å²) in [6, 6.07) is 0. The van der Waals surface area contributed by atoms with Crippen molar-refractivity contribution in [2.45, 2.75) is 44.9 Å². The highest BCUT2D eigenvalue weighted by atomic mass is 16.4. The number of imidazole rings is 1. The molecular weight excluding hydrogens is 192 g/mol. The van der Waals surface area contributed by atoms with Crippen molar-refractivity contribution >= 4 is 5.97 Å². The summed E-state index contributed by atoms with van der Waals surface area (Å²) < 4.78 is 0. The molecule has 1 aromatic heterocycles. The molecule has 0 atom stereocenters. The molecule has 0 saturated heterocycles. The van der Waals surface area contributed by atoms with E-state index in [1.54, 1.807) is 0 Å². The first-order chi connectivity index (χ1) is 6.97. The summed E-state index contributed by atoms with van der Waals surface area (Å²) in [4.78, 5) is 18.7. The van der Waals surface area contributed by atoms with Gasteiger partial charge in [-0.25, -0.2) is 4.98 Å². The van der Waals surface area contributed by atoms with Crippen molar-refractivity contribution < 1.29 is 9.90 Å². The van der Waals surface area contributed by atoms with Crippen LogP contribution in [0.4, 0.5) is 0 Å². The molecule has 1 fully saturated rings. The van der Waals surface area contributed by atoms with Crippen molar-refractivity contribution in [1.82, 2.24) is 9.97 Å². The molecule has 1 aliphatic carbocycles. The van der Waals surface area contributed by atoms with Crippen LogP contribution < -0.4 is 0 Å². The van der Waals surface area contributed by atoms with Crippen LogP contribution in [0.1, 0.15) is 49.8 Å². The number of hydrogen-bond donors (Lipinski definition) is 2. The number of carboxylic acid groups (broad SMARTS) is 1. The molecule has 1 aliphatic rings. The van der Waals surface area contributed by atoms with Crippen molar-refractivity contribution in [3.8, 4) is 0 Å². The lowest BCUT2D eigenvalue weighted by molar-refractivity contribution is -0.140. The fraction of sp³-hybridized carbons (Fsp3) is 0.636. The maximum atomic E-state index is 11.1. The van der Waals surface area contributed by atoms with Gasteiger partial charge in [0.15, 0.2) is 0 Å². The first-order valence-electron chi connectivity index (χ1n) is 5.28. The lowest BCUT2D eigenvalue weighted by Crippen LogP contribution is -2.21. The number of carbonyl (C=O) groups is 1. The number of aryl methyl sites for hydroxylation is 1. The van der Waals surface area contributed by atoms with Gasteiger partial charge in [0, 0.05) is 5.69 Å². The van der Waals surface area contributed by atoms with Crippen LogP contribution in [-0.4, -0.2) is 21.0 Å². The summed E-state index contributed by atoms with van der Waals surface area (Å²) >= 11 is 0. The Hall–Kier alpha value is -1.32. The Morgan fingerprint density at radius 3 is 2.47 bits per heavy atom. The molecule has 15 heavy (non-hydrogen) atoms. The molecule has 82 valence electrons. The Bertz CT molecular complexity index is 403. The summed E-state index contributed by atoms with van der Waals surface area (Å²) in [5, 5.41) is 9.14. The van der Waals surface area contributed by atoms with E-state index in [0.717, 1.165) is 11.4 Å². The summed E-state index contributed by atoms with van der Waals surface area (Å²) in [7, 11) is 0. The molecule has 0 bridgehead atoms. The van der Waals surface area contributed by atoms with E-state index in [-0.39, 0.29) is 0 Å². The number of aromatic amines is 1. The van der Waals surface area contributed by atoms with E-state index < -0.39 is 11.4 Å². The topological polar surface area (TPSA) is 66.0 Å². The van der Waals surface area contributed by atoms with E-state index >= 15 is 0 Å². The standard InChI is InChI=1S/C11H16N2O2/c1-6(2)8-7(3)12-9(13-8)11(4-5-11)10(14)15/h6H,4-5H2,1-3H3,(H,12,13)(H,14,15). The van der Waals surface area contributed by atoms with Crippen LogP contribution in [-0.2, 0) is 10.2 Å². The SMILES string of the molecule is Cc1[nH]c(C2(C(=O)O)CC2)nc1C(C)C. The van der Waals surface area contributed by atoms with Gasteiger partial charge in [0.05, 0.1) is 5.69 Å². The molecule has 2 N–H and O–H groups in total. The normalized spacial score (nSPS) is 18.1. The van der Waals surface area contributed by atoms with Crippen LogP contribution in [0.3, 0.4) is 0 Å². The van der Waals surface area contributed by atoms with Gasteiger partial charge >= 0.3 is 5.97 Å². The molecule has 2 rings (SSSR count). The Morgan fingerprint density at radius 2 is 2.13 bits per heavy atom. The van der Waals surface area contributed by atoms with Crippen LogP contribution in [0.5, 0.6) is 0 Å². The minimum atomic E-state index is -0.758. The number of nitrogens with zero attached hydrogens (tertiary/aromatic N) is 1. The summed E-state index contributed by atoms with van der Waals surface area (Å²) in [6.07, 6.45) is 1.40. The van der Waals surface area contributed by atoms with Gasteiger partial charge in [0.1, 0.15) is 11.2 Å². The minimum Gasteiger partial charge on any atom is -0.480 e. The number of H-pyrrole nitrogens is 1. The van der Waals surface area contributed by atoms with E-state index in [4.69, 9.17) is 5.11 Å². The predicted octanol–water partition coefficient (Wildman–Crippen LogP) is 1.96. The Labute approximate surface area is 88.7 Å². The number of aliphatic carboxylic acids is 1. The van der Waals surface area contributed by atoms with Crippen molar-refractivity contribution in [2.75, 3.05) is 0 Å². The summed E-state index contributed by atoms with van der Waals surface area (Å²) in [5.74, 6) is 0.211. The van der Waals surface area contributed by atoms with Crippen LogP contribution in [0, 0.1) is 6.92 Å². The third-order valence-electron chi connectivity index (χ3n) is 3.08. The van der Waals surface area contributed by atoms with E-state index in [9.17, 15) is 4.79 Å². The van der Waals surface area contributed by atoms with Crippen molar-refractivity contribution in [3.63, 3.8) is 0 Å². The van der Waals surface area contributed by atoms with Gasteiger partial charge in [-0.1, -0.05) is 13.8 Å². The quantitative estimate of drug-likeness (QED) is 0.798. The van der Waals surface area contributed by atoms with Gasteiger partial charge in [0.25, 0.3) is 0 Å².